The lowest BCUT2D eigenvalue weighted by molar-refractivity contribution is 0.204. The summed E-state index contributed by atoms with van der Waals surface area (Å²) in [5, 5.41) is 19.8. The van der Waals surface area contributed by atoms with Crippen molar-refractivity contribution in [3.05, 3.63) is 58.8 Å². The molecule has 0 bridgehead atoms. The van der Waals surface area contributed by atoms with Gasteiger partial charge in [0.15, 0.2) is 10.8 Å². The van der Waals surface area contributed by atoms with Gasteiger partial charge >= 0.3 is 0 Å². The van der Waals surface area contributed by atoms with Crippen LogP contribution in [0.15, 0.2) is 47.1 Å². The first-order valence-electron chi connectivity index (χ1n) is 8.41. The van der Waals surface area contributed by atoms with Gasteiger partial charge in [0, 0.05) is 12.5 Å². The summed E-state index contributed by atoms with van der Waals surface area (Å²) in [6, 6.07) is 13.9. The molecule has 5 nitrogen and oxygen atoms in total. The fraction of sp³-hybridized carbons (Fsp3) is 0.316. The lowest BCUT2D eigenvalue weighted by Crippen LogP contribution is -2.32. The Labute approximate surface area is 150 Å². The van der Waals surface area contributed by atoms with Crippen LogP contribution in [0.4, 0.5) is 0 Å². The molecule has 0 spiro atoms. The zero-order chi connectivity index (χ0) is 17.1. The van der Waals surface area contributed by atoms with Gasteiger partial charge in [-0.1, -0.05) is 29.5 Å². The van der Waals surface area contributed by atoms with Crippen molar-refractivity contribution >= 4 is 11.3 Å². The van der Waals surface area contributed by atoms with Gasteiger partial charge in [-0.2, -0.15) is 5.26 Å². The minimum atomic E-state index is 0.462. The Morgan fingerprint density at radius 2 is 2.00 bits per heavy atom. The summed E-state index contributed by atoms with van der Waals surface area (Å²) in [5.74, 6) is 1.25. The van der Waals surface area contributed by atoms with Crippen LogP contribution >= 0.6 is 11.3 Å². The van der Waals surface area contributed by atoms with Gasteiger partial charge in [-0.25, -0.2) is 0 Å². The Hall–Kier alpha value is -2.49. The molecule has 3 aromatic rings. The molecule has 1 aromatic carbocycles. The Kier molecular flexibility index (Phi) is 4.59. The molecule has 1 saturated heterocycles. The van der Waals surface area contributed by atoms with E-state index in [0.717, 1.165) is 59.4 Å². The molecule has 3 heterocycles. The number of likely N-dealkylation sites (tertiary alicyclic amines) is 1. The first kappa shape index (κ1) is 16.0. The van der Waals surface area contributed by atoms with E-state index >= 15 is 0 Å². The van der Waals surface area contributed by atoms with Crippen molar-refractivity contribution in [3.63, 3.8) is 0 Å². The molecular formula is C19H18N4OS. The highest BCUT2D eigenvalue weighted by Gasteiger charge is 2.24. The van der Waals surface area contributed by atoms with Crippen molar-refractivity contribution < 1.29 is 4.42 Å². The Morgan fingerprint density at radius 3 is 2.76 bits per heavy atom. The highest BCUT2D eigenvalue weighted by Crippen LogP contribution is 2.33. The molecule has 0 saturated carbocycles. The second-order valence-electron chi connectivity index (χ2n) is 6.24. The van der Waals surface area contributed by atoms with Gasteiger partial charge in [-0.05, 0) is 49.7 Å². The molecule has 4 rings (SSSR count). The molecule has 1 aliphatic rings. The Morgan fingerprint density at radius 1 is 1.16 bits per heavy atom. The van der Waals surface area contributed by atoms with Crippen LogP contribution in [0.25, 0.3) is 10.8 Å². The number of aromatic nitrogens is 2. The van der Waals surface area contributed by atoms with Gasteiger partial charge in [0.05, 0.1) is 17.9 Å². The smallest absolute Gasteiger partial charge is 0.183 e. The van der Waals surface area contributed by atoms with Gasteiger partial charge in [-0.15, -0.1) is 10.2 Å². The first-order valence-corrected chi connectivity index (χ1v) is 9.23. The van der Waals surface area contributed by atoms with Gasteiger partial charge in [0.25, 0.3) is 0 Å². The maximum Gasteiger partial charge on any atom is 0.183 e. The summed E-state index contributed by atoms with van der Waals surface area (Å²) in [6.07, 6.45) is 3.80. The largest absolute Gasteiger partial charge is 0.462 e. The molecule has 1 fully saturated rings. The average Bonchev–Trinajstić information content (AvgIpc) is 3.34. The third-order valence-corrected chi connectivity index (χ3v) is 5.74. The zero-order valence-electron chi connectivity index (χ0n) is 13.8. The highest BCUT2D eigenvalue weighted by atomic mass is 32.1. The molecular weight excluding hydrogens is 332 g/mol. The minimum absolute atomic E-state index is 0.462. The number of furan rings is 1. The van der Waals surface area contributed by atoms with E-state index in [2.05, 4.69) is 21.2 Å². The third kappa shape index (κ3) is 3.48. The van der Waals surface area contributed by atoms with E-state index in [1.54, 1.807) is 17.6 Å². The quantitative estimate of drug-likeness (QED) is 0.710. The van der Waals surface area contributed by atoms with E-state index < -0.39 is 0 Å². The van der Waals surface area contributed by atoms with Crippen molar-refractivity contribution in [2.45, 2.75) is 25.3 Å². The number of hydrogen-bond acceptors (Lipinski definition) is 6. The molecule has 126 valence electrons. The number of piperidine rings is 1. The Bertz CT molecular complexity index is 873. The lowest BCUT2D eigenvalue weighted by Gasteiger charge is -2.31. The second kappa shape index (κ2) is 7.18. The standard InChI is InChI=1S/C19H18N4OS/c20-12-15-4-1-2-5-16(15)13-23-9-7-14(8-10-23)18-21-22-19(25-18)17-6-3-11-24-17/h1-6,11,14H,7-10,13H2. The molecule has 0 radical (unpaired) electrons. The minimum Gasteiger partial charge on any atom is -0.462 e. The van der Waals surface area contributed by atoms with Crippen LogP contribution in [0.2, 0.25) is 0 Å². The van der Waals surface area contributed by atoms with Crippen molar-refractivity contribution in [3.8, 4) is 16.8 Å². The molecule has 0 unspecified atom stereocenters. The summed E-state index contributed by atoms with van der Waals surface area (Å²) in [6.45, 7) is 2.87. The number of hydrogen-bond donors (Lipinski definition) is 0. The van der Waals surface area contributed by atoms with Crippen LogP contribution in [0.1, 0.15) is 34.9 Å². The summed E-state index contributed by atoms with van der Waals surface area (Å²) < 4.78 is 5.40. The van der Waals surface area contributed by atoms with Gasteiger partial charge in [0.1, 0.15) is 5.01 Å². The predicted octanol–water partition coefficient (Wildman–Crippen LogP) is 4.05. The summed E-state index contributed by atoms with van der Waals surface area (Å²) in [7, 11) is 0. The van der Waals surface area contributed by atoms with E-state index in [1.165, 1.54) is 0 Å². The van der Waals surface area contributed by atoms with Crippen LogP contribution in [-0.4, -0.2) is 28.2 Å². The van der Waals surface area contributed by atoms with Crippen LogP contribution in [-0.2, 0) is 6.54 Å². The van der Waals surface area contributed by atoms with Crippen molar-refractivity contribution in [2.24, 2.45) is 0 Å². The zero-order valence-corrected chi connectivity index (χ0v) is 14.6. The number of benzene rings is 1. The molecule has 25 heavy (non-hydrogen) atoms. The third-order valence-electron chi connectivity index (χ3n) is 4.64. The second-order valence-corrected chi connectivity index (χ2v) is 7.25. The van der Waals surface area contributed by atoms with Gasteiger partial charge in [0.2, 0.25) is 0 Å². The summed E-state index contributed by atoms with van der Waals surface area (Å²) in [5.41, 5.74) is 1.89. The van der Waals surface area contributed by atoms with E-state index in [-0.39, 0.29) is 0 Å². The first-order chi connectivity index (χ1) is 12.3. The van der Waals surface area contributed by atoms with Gasteiger partial charge < -0.3 is 4.42 Å². The number of nitrogens with zero attached hydrogens (tertiary/aromatic N) is 4. The SMILES string of the molecule is N#Cc1ccccc1CN1CCC(c2nnc(-c3ccco3)s2)CC1. The number of nitriles is 1. The molecule has 2 aromatic heterocycles. The highest BCUT2D eigenvalue weighted by molar-refractivity contribution is 7.14. The maximum atomic E-state index is 9.23. The van der Waals surface area contributed by atoms with E-state index in [4.69, 9.17) is 4.42 Å². The van der Waals surface area contributed by atoms with E-state index in [0.29, 0.717) is 5.92 Å². The van der Waals surface area contributed by atoms with E-state index in [9.17, 15) is 5.26 Å². The van der Waals surface area contributed by atoms with Crippen LogP contribution in [0.3, 0.4) is 0 Å². The van der Waals surface area contributed by atoms with Crippen molar-refractivity contribution in [2.75, 3.05) is 13.1 Å². The fourth-order valence-corrected chi connectivity index (χ4v) is 4.23. The van der Waals surface area contributed by atoms with Crippen LogP contribution in [0, 0.1) is 11.3 Å². The predicted molar refractivity (Wildman–Crippen MR) is 96.0 cm³/mol. The van der Waals surface area contributed by atoms with Crippen LogP contribution in [0.5, 0.6) is 0 Å². The number of rotatable bonds is 4. The van der Waals surface area contributed by atoms with Crippen molar-refractivity contribution in [1.29, 1.82) is 5.26 Å². The van der Waals surface area contributed by atoms with Gasteiger partial charge in [-0.3, -0.25) is 4.90 Å². The molecule has 0 atom stereocenters. The molecule has 6 heteroatoms. The Balaban J connectivity index is 1.38. The molecule has 0 aliphatic carbocycles. The van der Waals surface area contributed by atoms with Crippen molar-refractivity contribution in [1.82, 2.24) is 15.1 Å². The average molecular weight is 350 g/mol. The topological polar surface area (TPSA) is 66.0 Å². The normalized spacial score (nSPS) is 16.0. The van der Waals surface area contributed by atoms with E-state index in [1.807, 2.05) is 36.4 Å². The summed E-state index contributed by atoms with van der Waals surface area (Å²) >= 11 is 1.63. The lowest BCUT2D eigenvalue weighted by atomic mass is 9.97. The maximum absolute atomic E-state index is 9.23. The monoisotopic (exact) mass is 350 g/mol. The van der Waals surface area contributed by atoms with Crippen LogP contribution < -0.4 is 0 Å². The molecule has 1 aliphatic heterocycles. The molecule has 0 N–H and O–H groups in total. The molecule has 0 amide bonds. The fourth-order valence-electron chi connectivity index (χ4n) is 3.25. The summed E-state index contributed by atoms with van der Waals surface area (Å²) in [4.78, 5) is 2.42.